The van der Waals surface area contributed by atoms with E-state index in [4.69, 9.17) is 10.8 Å². The van der Waals surface area contributed by atoms with Crippen LogP contribution in [0.1, 0.15) is 16.7 Å². The number of benzene rings is 2. The van der Waals surface area contributed by atoms with E-state index < -0.39 is 23.8 Å². The smallest absolute Gasteiger partial charge is 0.416 e. The average Bonchev–Trinajstić information content (AvgIpc) is 2.65. The van der Waals surface area contributed by atoms with Crippen LogP contribution in [0.2, 0.25) is 0 Å². The molecule has 28 heavy (non-hydrogen) atoms. The topological polar surface area (TPSA) is 76.2 Å². The predicted molar refractivity (Wildman–Crippen MR) is 102 cm³/mol. The van der Waals surface area contributed by atoms with Crippen molar-refractivity contribution >= 4 is 28.6 Å². The van der Waals surface area contributed by atoms with Crippen molar-refractivity contribution in [3.8, 4) is 0 Å². The quantitative estimate of drug-likeness (QED) is 0.590. The zero-order chi connectivity index (χ0) is 20.3. The van der Waals surface area contributed by atoms with Gasteiger partial charge < -0.3 is 10.8 Å². The molecule has 0 fully saturated rings. The third-order valence-corrected chi connectivity index (χ3v) is 5.33. The van der Waals surface area contributed by atoms with Crippen LogP contribution in [0.15, 0.2) is 59.6 Å². The van der Waals surface area contributed by atoms with Crippen LogP contribution in [-0.2, 0) is 23.1 Å². The first-order valence-electron chi connectivity index (χ1n) is 8.39. The summed E-state index contributed by atoms with van der Waals surface area (Å²) in [5.74, 6) is -0.475. The molecule has 1 aromatic heterocycles. The molecule has 3 rings (SSSR count). The van der Waals surface area contributed by atoms with Gasteiger partial charge in [-0.1, -0.05) is 30.3 Å². The van der Waals surface area contributed by atoms with Crippen LogP contribution in [-0.4, -0.2) is 22.1 Å². The van der Waals surface area contributed by atoms with Gasteiger partial charge in [0.1, 0.15) is 6.04 Å². The van der Waals surface area contributed by atoms with E-state index in [2.05, 4.69) is 4.98 Å². The Morgan fingerprint density at radius 1 is 1.14 bits per heavy atom. The number of nitrogens with two attached hydrogens (primary N) is 1. The minimum Gasteiger partial charge on any atom is -0.480 e. The molecule has 8 heteroatoms. The number of rotatable bonds is 6. The maximum atomic E-state index is 12.9. The maximum absolute atomic E-state index is 12.9. The lowest BCUT2D eigenvalue weighted by Gasteiger charge is -2.11. The number of carbonyl (C=O) groups is 1. The van der Waals surface area contributed by atoms with Gasteiger partial charge in [-0.25, -0.2) is 0 Å². The minimum absolute atomic E-state index is 0.228. The van der Waals surface area contributed by atoms with E-state index in [9.17, 15) is 18.0 Å². The number of hydrogen-bond acceptors (Lipinski definition) is 4. The summed E-state index contributed by atoms with van der Waals surface area (Å²) in [7, 11) is 0. The lowest BCUT2D eigenvalue weighted by atomic mass is 10.0. The first-order chi connectivity index (χ1) is 13.2. The maximum Gasteiger partial charge on any atom is 0.416 e. The van der Waals surface area contributed by atoms with E-state index in [1.165, 1.54) is 24.0 Å². The lowest BCUT2D eigenvalue weighted by molar-refractivity contribution is -0.139. The third kappa shape index (κ3) is 4.82. The molecule has 0 amide bonds. The van der Waals surface area contributed by atoms with Gasteiger partial charge in [-0.3, -0.25) is 9.78 Å². The Labute approximate surface area is 163 Å². The van der Waals surface area contributed by atoms with E-state index in [1.807, 2.05) is 24.3 Å². The molecule has 2 aromatic carbocycles. The number of aromatic nitrogens is 1. The van der Waals surface area contributed by atoms with Crippen molar-refractivity contribution in [1.82, 2.24) is 4.98 Å². The van der Waals surface area contributed by atoms with Gasteiger partial charge in [-0.15, -0.1) is 11.8 Å². The summed E-state index contributed by atoms with van der Waals surface area (Å²) in [5, 5.41) is 9.59. The molecule has 1 unspecified atom stereocenters. The van der Waals surface area contributed by atoms with E-state index in [1.54, 1.807) is 6.07 Å². The zero-order valence-corrected chi connectivity index (χ0v) is 15.4. The minimum atomic E-state index is -4.41. The summed E-state index contributed by atoms with van der Waals surface area (Å²) < 4.78 is 38.7. The number of aliphatic carboxylic acids is 1. The molecule has 4 nitrogen and oxygen atoms in total. The van der Waals surface area contributed by atoms with Crippen LogP contribution >= 0.6 is 11.8 Å². The molecular formula is C20H17F3N2O2S. The van der Waals surface area contributed by atoms with Crippen LogP contribution in [0.25, 0.3) is 10.9 Å². The average molecular weight is 406 g/mol. The molecule has 0 radical (unpaired) electrons. The van der Waals surface area contributed by atoms with E-state index in [0.29, 0.717) is 16.7 Å². The van der Waals surface area contributed by atoms with Crippen LogP contribution in [0.3, 0.4) is 0 Å². The van der Waals surface area contributed by atoms with Crippen molar-refractivity contribution in [2.75, 3.05) is 0 Å². The van der Waals surface area contributed by atoms with Gasteiger partial charge >= 0.3 is 12.1 Å². The van der Waals surface area contributed by atoms with Gasteiger partial charge in [0.25, 0.3) is 0 Å². The molecule has 0 bridgehead atoms. The Bertz CT molecular complexity index is 1010. The van der Waals surface area contributed by atoms with Crippen molar-refractivity contribution < 1.29 is 23.1 Å². The monoisotopic (exact) mass is 406 g/mol. The molecule has 1 heterocycles. The van der Waals surface area contributed by atoms with Gasteiger partial charge in [0.2, 0.25) is 0 Å². The highest BCUT2D eigenvalue weighted by Gasteiger charge is 2.30. The van der Waals surface area contributed by atoms with Crippen LogP contribution < -0.4 is 5.73 Å². The Kier molecular flexibility index (Phi) is 5.90. The lowest BCUT2D eigenvalue weighted by Crippen LogP contribution is -2.32. The molecule has 3 aromatic rings. The molecule has 0 saturated heterocycles. The Balaban J connectivity index is 1.78. The predicted octanol–water partition coefficient (Wildman–Crippen LogP) is 4.50. The van der Waals surface area contributed by atoms with Gasteiger partial charge in [-0.2, -0.15) is 13.2 Å². The number of carboxylic acids is 1. The number of halogens is 3. The molecule has 146 valence electrons. The summed E-state index contributed by atoms with van der Waals surface area (Å²) in [5.41, 5.74) is 6.94. The molecule has 0 saturated carbocycles. The van der Waals surface area contributed by atoms with Gasteiger partial charge in [0.05, 0.1) is 11.1 Å². The molecule has 0 aliphatic carbocycles. The van der Waals surface area contributed by atoms with Crippen molar-refractivity contribution in [2.45, 2.75) is 29.3 Å². The number of nitrogens with zero attached hydrogens (tertiary/aromatic N) is 1. The van der Waals surface area contributed by atoms with Crippen molar-refractivity contribution in [2.24, 2.45) is 5.73 Å². The first kappa shape index (κ1) is 20.2. The standard InChI is InChI=1S/C20H17F3N2O2S/c21-20(22,23)14-4-5-15-17(10-14)25-7-6-18(15)28-11-13-3-1-2-12(8-13)9-16(24)19(26)27/h1-8,10,16H,9,11,24H2,(H,26,27). The van der Waals surface area contributed by atoms with Crippen molar-refractivity contribution in [3.63, 3.8) is 0 Å². The highest BCUT2D eigenvalue weighted by molar-refractivity contribution is 7.98. The van der Waals surface area contributed by atoms with Gasteiger partial charge in [0.15, 0.2) is 0 Å². The van der Waals surface area contributed by atoms with Gasteiger partial charge in [0, 0.05) is 22.2 Å². The Morgan fingerprint density at radius 2 is 1.89 bits per heavy atom. The molecule has 3 N–H and O–H groups in total. The molecular weight excluding hydrogens is 389 g/mol. The molecule has 1 atom stereocenters. The van der Waals surface area contributed by atoms with E-state index in [-0.39, 0.29) is 6.42 Å². The fourth-order valence-corrected chi connectivity index (χ4v) is 3.76. The zero-order valence-electron chi connectivity index (χ0n) is 14.6. The normalized spacial score (nSPS) is 12.9. The fraction of sp³-hybridized carbons (Fsp3) is 0.200. The second-order valence-corrected chi connectivity index (χ2v) is 7.31. The second kappa shape index (κ2) is 8.20. The van der Waals surface area contributed by atoms with Gasteiger partial charge in [-0.05, 0) is 35.7 Å². The number of alkyl halides is 3. The first-order valence-corrected chi connectivity index (χ1v) is 9.37. The summed E-state index contributed by atoms with van der Waals surface area (Å²) >= 11 is 1.48. The largest absolute Gasteiger partial charge is 0.480 e. The summed E-state index contributed by atoms with van der Waals surface area (Å²) in [6, 6.07) is 11.8. The third-order valence-electron chi connectivity index (χ3n) is 4.19. The molecule has 0 spiro atoms. The van der Waals surface area contributed by atoms with E-state index in [0.717, 1.165) is 28.2 Å². The van der Waals surface area contributed by atoms with Crippen LogP contribution in [0.5, 0.6) is 0 Å². The summed E-state index contributed by atoms with van der Waals surface area (Å²) in [4.78, 5) is 15.8. The number of carboxylic acid groups (broad SMARTS) is 1. The SMILES string of the molecule is NC(Cc1cccc(CSc2ccnc3cc(C(F)(F)F)ccc23)c1)C(=O)O. The fourth-order valence-electron chi connectivity index (χ4n) is 2.77. The van der Waals surface area contributed by atoms with E-state index >= 15 is 0 Å². The Morgan fingerprint density at radius 3 is 2.61 bits per heavy atom. The van der Waals surface area contributed by atoms with Crippen LogP contribution in [0, 0.1) is 0 Å². The number of pyridine rings is 1. The Hall–Kier alpha value is -2.58. The van der Waals surface area contributed by atoms with Crippen LogP contribution in [0.4, 0.5) is 13.2 Å². The highest BCUT2D eigenvalue weighted by atomic mass is 32.2. The van der Waals surface area contributed by atoms with Crippen molar-refractivity contribution in [1.29, 1.82) is 0 Å². The number of hydrogen-bond donors (Lipinski definition) is 2. The highest BCUT2D eigenvalue weighted by Crippen LogP contribution is 2.34. The molecule has 0 aliphatic heterocycles. The molecule has 0 aliphatic rings. The number of thioether (sulfide) groups is 1. The second-order valence-electron chi connectivity index (χ2n) is 6.30. The summed E-state index contributed by atoms with van der Waals surface area (Å²) in [6.45, 7) is 0. The summed E-state index contributed by atoms with van der Waals surface area (Å²) in [6.07, 6.45) is -2.68. The number of fused-ring (bicyclic) bond motifs is 1. The van der Waals surface area contributed by atoms with Crippen molar-refractivity contribution in [3.05, 3.63) is 71.4 Å².